The third-order valence-corrected chi connectivity index (χ3v) is 4.34. The van der Waals surface area contributed by atoms with Gasteiger partial charge in [0, 0.05) is 10.6 Å². The highest BCUT2D eigenvalue weighted by atomic mass is 35.5. The molecular formula is C16H13ClN6OS. The van der Waals surface area contributed by atoms with Crippen molar-refractivity contribution < 1.29 is 4.79 Å². The van der Waals surface area contributed by atoms with Crippen molar-refractivity contribution in [2.75, 3.05) is 5.75 Å². The number of aromatic nitrogens is 4. The SMILES string of the molecule is O=C(CSc1nnnn1-c1ccccc1)NN=Cc1ccccc1Cl. The Balaban J connectivity index is 1.55. The third kappa shape index (κ3) is 4.65. The van der Waals surface area contributed by atoms with Gasteiger partial charge in [0.25, 0.3) is 5.91 Å². The molecule has 0 saturated heterocycles. The van der Waals surface area contributed by atoms with Crippen LogP contribution < -0.4 is 5.43 Å². The van der Waals surface area contributed by atoms with E-state index in [2.05, 4.69) is 26.1 Å². The van der Waals surface area contributed by atoms with Crippen molar-refractivity contribution in [3.8, 4) is 5.69 Å². The van der Waals surface area contributed by atoms with E-state index in [1.165, 1.54) is 18.0 Å². The molecular weight excluding hydrogens is 360 g/mol. The molecule has 1 heterocycles. The summed E-state index contributed by atoms with van der Waals surface area (Å²) in [6.07, 6.45) is 1.50. The number of thioether (sulfide) groups is 1. The lowest BCUT2D eigenvalue weighted by Gasteiger charge is -2.03. The third-order valence-electron chi connectivity index (χ3n) is 3.07. The van der Waals surface area contributed by atoms with E-state index in [0.717, 1.165) is 11.3 Å². The Labute approximate surface area is 153 Å². The molecule has 25 heavy (non-hydrogen) atoms. The summed E-state index contributed by atoms with van der Waals surface area (Å²) in [5.41, 5.74) is 4.01. The number of amides is 1. The van der Waals surface area contributed by atoms with Crippen LogP contribution >= 0.6 is 23.4 Å². The topological polar surface area (TPSA) is 85.1 Å². The van der Waals surface area contributed by atoms with E-state index in [1.54, 1.807) is 16.8 Å². The van der Waals surface area contributed by atoms with Crippen LogP contribution in [0, 0.1) is 0 Å². The van der Waals surface area contributed by atoms with E-state index in [9.17, 15) is 4.79 Å². The number of tetrazole rings is 1. The molecule has 3 rings (SSSR count). The quantitative estimate of drug-likeness (QED) is 0.408. The van der Waals surface area contributed by atoms with E-state index in [0.29, 0.717) is 10.2 Å². The maximum Gasteiger partial charge on any atom is 0.250 e. The van der Waals surface area contributed by atoms with E-state index in [1.807, 2.05) is 42.5 Å². The number of carbonyl (C=O) groups is 1. The summed E-state index contributed by atoms with van der Waals surface area (Å²) < 4.78 is 1.57. The standard InChI is InChI=1S/C16H13ClN6OS/c17-14-9-5-4-6-12(14)10-18-19-15(24)11-25-16-20-21-22-23(16)13-7-2-1-3-8-13/h1-10H,11H2,(H,19,24). The number of hydrogen-bond donors (Lipinski definition) is 1. The Morgan fingerprint density at radius 3 is 2.76 bits per heavy atom. The maximum atomic E-state index is 11.9. The minimum absolute atomic E-state index is 0.132. The maximum absolute atomic E-state index is 11.9. The molecule has 0 unspecified atom stereocenters. The summed E-state index contributed by atoms with van der Waals surface area (Å²) in [7, 11) is 0. The van der Waals surface area contributed by atoms with Crippen molar-refractivity contribution >= 4 is 35.5 Å². The number of carbonyl (C=O) groups excluding carboxylic acids is 1. The van der Waals surface area contributed by atoms with E-state index in [-0.39, 0.29) is 11.7 Å². The van der Waals surface area contributed by atoms with Crippen LogP contribution in [0.3, 0.4) is 0 Å². The summed E-state index contributed by atoms with van der Waals surface area (Å²) >= 11 is 7.23. The minimum Gasteiger partial charge on any atom is -0.272 e. The van der Waals surface area contributed by atoms with Crippen molar-refractivity contribution in [3.05, 3.63) is 65.2 Å². The van der Waals surface area contributed by atoms with Gasteiger partial charge in [0.2, 0.25) is 5.16 Å². The smallest absolute Gasteiger partial charge is 0.250 e. The molecule has 0 aliphatic heterocycles. The minimum atomic E-state index is -0.268. The van der Waals surface area contributed by atoms with Gasteiger partial charge in [0.05, 0.1) is 17.7 Å². The summed E-state index contributed by atoms with van der Waals surface area (Å²) in [5.74, 6) is -0.136. The normalized spacial score (nSPS) is 10.9. The molecule has 2 aromatic carbocycles. The first-order valence-corrected chi connectivity index (χ1v) is 8.63. The molecule has 0 fully saturated rings. The first-order valence-electron chi connectivity index (χ1n) is 7.27. The average Bonchev–Trinajstić information content (AvgIpc) is 3.11. The lowest BCUT2D eigenvalue weighted by molar-refractivity contribution is -0.118. The molecule has 126 valence electrons. The first kappa shape index (κ1) is 17.1. The second kappa shape index (κ2) is 8.41. The fourth-order valence-corrected chi connectivity index (χ4v) is 2.78. The number of hydrogen-bond acceptors (Lipinski definition) is 6. The van der Waals surface area contributed by atoms with Crippen molar-refractivity contribution in [2.45, 2.75) is 5.16 Å². The van der Waals surface area contributed by atoms with Gasteiger partial charge in [0.15, 0.2) is 0 Å². The van der Waals surface area contributed by atoms with Crippen molar-refractivity contribution in [2.24, 2.45) is 5.10 Å². The van der Waals surface area contributed by atoms with Gasteiger partial charge in [-0.25, -0.2) is 5.43 Å². The number of nitrogens with one attached hydrogen (secondary N) is 1. The molecule has 3 aromatic rings. The molecule has 0 saturated carbocycles. The number of benzene rings is 2. The van der Waals surface area contributed by atoms with Crippen LogP contribution in [0.4, 0.5) is 0 Å². The molecule has 0 aliphatic carbocycles. The van der Waals surface area contributed by atoms with Gasteiger partial charge in [-0.2, -0.15) is 9.78 Å². The molecule has 7 nitrogen and oxygen atoms in total. The largest absolute Gasteiger partial charge is 0.272 e. The van der Waals surface area contributed by atoms with Crippen LogP contribution in [0.2, 0.25) is 5.02 Å². The highest BCUT2D eigenvalue weighted by molar-refractivity contribution is 7.99. The average molecular weight is 373 g/mol. The zero-order valence-electron chi connectivity index (χ0n) is 12.9. The molecule has 1 N–H and O–H groups in total. The Morgan fingerprint density at radius 2 is 1.96 bits per heavy atom. The first-order chi connectivity index (χ1) is 12.2. The fraction of sp³-hybridized carbons (Fsp3) is 0.0625. The van der Waals surface area contributed by atoms with Crippen LogP contribution in [-0.2, 0) is 4.79 Å². The summed E-state index contributed by atoms with van der Waals surface area (Å²) in [4.78, 5) is 11.9. The summed E-state index contributed by atoms with van der Waals surface area (Å²) in [6, 6.07) is 16.7. The lowest BCUT2D eigenvalue weighted by Crippen LogP contribution is -2.20. The molecule has 1 aromatic heterocycles. The lowest BCUT2D eigenvalue weighted by atomic mass is 10.2. The van der Waals surface area contributed by atoms with Crippen LogP contribution in [0.25, 0.3) is 5.69 Å². The van der Waals surface area contributed by atoms with Gasteiger partial charge in [-0.05, 0) is 28.6 Å². The molecule has 0 radical (unpaired) electrons. The van der Waals surface area contributed by atoms with Crippen molar-refractivity contribution in [1.29, 1.82) is 0 Å². The molecule has 0 aliphatic rings. The van der Waals surface area contributed by atoms with Gasteiger partial charge in [-0.15, -0.1) is 5.10 Å². The number of halogens is 1. The summed E-state index contributed by atoms with van der Waals surface area (Å²) in [6.45, 7) is 0. The van der Waals surface area contributed by atoms with Crippen molar-refractivity contribution in [3.63, 3.8) is 0 Å². The van der Waals surface area contributed by atoms with Crippen LogP contribution in [0.1, 0.15) is 5.56 Å². The Kier molecular flexibility index (Phi) is 5.76. The number of nitrogens with zero attached hydrogens (tertiary/aromatic N) is 5. The molecule has 0 bridgehead atoms. The van der Waals surface area contributed by atoms with Crippen LogP contribution in [0.5, 0.6) is 0 Å². The predicted molar refractivity (Wildman–Crippen MR) is 97.1 cm³/mol. The Morgan fingerprint density at radius 1 is 1.20 bits per heavy atom. The fourth-order valence-electron chi connectivity index (χ4n) is 1.92. The van der Waals surface area contributed by atoms with Crippen LogP contribution in [-0.4, -0.2) is 38.1 Å². The Hall–Kier alpha value is -2.71. The molecule has 1 amide bonds. The monoisotopic (exact) mass is 372 g/mol. The zero-order valence-corrected chi connectivity index (χ0v) is 14.5. The van der Waals surface area contributed by atoms with Crippen molar-refractivity contribution in [1.82, 2.24) is 25.6 Å². The van der Waals surface area contributed by atoms with Gasteiger partial charge in [0.1, 0.15) is 0 Å². The number of rotatable bonds is 6. The van der Waals surface area contributed by atoms with Gasteiger partial charge >= 0.3 is 0 Å². The highest BCUT2D eigenvalue weighted by Crippen LogP contribution is 2.17. The second-order valence-corrected chi connectivity index (χ2v) is 6.16. The van der Waals surface area contributed by atoms with Gasteiger partial charge in [-0.3, -0.25) is 4.79 Å². The van der Waals surface area contributed by atoms with E-state index >= 15 is 0 Å². The Bertz CT molecular complexity index is 883. The second-order valence-electron chi connectivity index (χ2n) is 4.81. The molecule has 0 spiro atoms. The highest BCUT2D eigenvalue weighted by Gasteiger charge is 2.10. The predicted octanol–water partition coefficient (Wildman–Crippen LogP) is 2.56. The van der Waals surface area contributed by atoms with Gasteiger partial charge < -0.3 is 0 Å². The zero-order chi connectivity index (χ0) is 17.5. The molecule has 0 atom stereocenters. The molecule has 9 heteroatoms. The van der Waals surface area contributed by atoms with E-state index in [4.69, 9.17) is 11.6 Å². The number of para-hydroxylation sites is 1. The summed E-state index contributed by atoms with van der Waals surface area (Å²) in [5, 5.41) is 16.5. The van der Waals surface area contributed by atoms with E-state index < -0.39 is 0 Å². The number of hydrazone groups is 1. The van der Waals surface area contributed by atoms with Crippen LogP contribution in [0.15, 0.2) is 64.9 Å². The van der Waals surface area contributed by atoms with Gasteiger partial charge in [-0.1, -0.05) is 59.8 Å².